The Kier molecular flexibility index (Phi) is 3.56. The second-order valence-electron chi connectivity index (χ2n) is 6.33. The molecule has 3 atom stereocenters. The lowest BCUT2D eigenvalue weighted by molar-refractivity contribution is 0.0969. The summed E-state index contributed by atoms with van der Waals surface area (Å²) in [6.45, 7) is 0. The Hall–Kier alpha value is -1.19. The largest absolute Gasteiger partial charge is 0.392 e. The van der Waals surface area contributed by atoms with Crippen LogP contribution in [0.2, 0.25) is 0 Å². The lowest BCUT2D eigenvalue weighted by atomic mass is 9.74. The zero-order valence-corrected chi connectivity index (χ0v) is 13.0. The number of pyridine rings is 1. The first-order valence-corrected chi connectivity index (χ1v) is 8.90. The van der Waals surface area contributed by atoms with Crippen molar-refractivity contribution in [3.8, 4) is 0 Å². The molecular weight excluding hydrogens is 278 g/mol. The van der Waals surface area contributed by atoms with Crippen molar-refractivity contribution in [1.29, 1.82) is 0 Å². The quantitative estimate of drug-likeness (QED) is 0.907. The molecule has 2 nitrogen and oxygen atoms in total. The summed E-state index contributed by atoms with van der Waals surface area (Å²) in [5, 5.41) is 13.3. The molecule has 0 spiro atoms. The van der Waals surface area contributed by atoms with Gasteiger partial charge in [-0.1, -0.05) is 6.07 Å². The van der Waals surface area contributed by atoms with Gasteiger partial charge in [-0.05, 0) is 67.2 Å². The molecule has 1 N–H and O–H groups in total. The molecule has 2 aromatic rings. The van der Waals surface area contributed by atoms with Gasteiger partial charge in [0.1, 0.15) is 0 Å². The summed E-state index contributed by atoms with van der Waals surface area (Å²) in [6.07, 6.45) is 8.45. The van der Waals surface area contributed by atoms with Gasteiger partial charge in [0.25, 0.3) is 0 Å². The van der Waals surface area contributed by atoms with Crippen LogP contribution >= 0.6 is 11.3 Å². The van der Waals surface area contributed by atoms with E-state index in [1.807, 2.05) is 23.6 Å². The number of aromatic nitrogens is 1. The van der Waals surface area contributed by atoms with E-state index in [1.165, 1.54) is 35.3 Å². The Bertz CT molecular complexity index is 636. The van der Waals surface area contributed by atoms with Crippen LogP contribution in [0, 0.1) is 0 Å². The van der Waals surface area contributed by atoms with Crippen molar-refractivity contribution in [3.05, 3.63) is 51.5 Å². The number of nitrogens with zero attached hydrogens (tertiary/aromatic N) is 1. The third kappa shape index (κ3) is 2.33. The number of hydrogen-bond acceptors (Lipinski definition) is 3. The number of hydrogen-bond donors (Lipinski definition) is 1. The van der Waals surface area contributed by atoms with Crippen molar-refractivity contribution < 1.29 is 5.11 Å². The monoisotopic (exact) mass is 299 g/mol. The van der Waals surface area contributed by atoms with Gasteiger partial charge >= 0.3 is 0 Å². The molecule has 110 valence electrons. The first-order valence-electron chi connectivity index (χ1n) is 8.02. The van der Waals surface area contributed by atoms with Crippen LogP contribution in [-0.4, -0.2) is 16.2 Å². The molecule has 0 amide bonds. The normalized spacial score (nSPS) is 26.0. The van der Waals surface area contributed by atoms with Crippen LogP contribution < -0.4 is 0 Å². The Morgan fingerprint density at radius 2 is 2.00 bits per heavy atom. The fraction of sp³-hybridized carbons (Fsp3) is 0.500. The maximum Gasteiger partial charge on any atom is 0.0692 e. The minimum Gasteiger partial charge on any atom is -0.392 e. The Morgan fingerprint density at radius 3 is 2.95 bits per heavy atom. The summed E-state index contributed by atoms with van der Waals surface area (Å²) in [7, 11) is 0. The third-order valence-corrected chi connectivity index (χ3v) is 6.16. The number of aliphatic hydroxyl groups excluding tert-OH is 1. The molecule has 0 saturated heterocycles. The number of rotatable bonds is 2. The fourth-order valence-electron chi connectivity index (χ4n) is 4.14. The first-order chi connectivity index (χ1) is 10.3. The van der Waals surface area contributed by atoms with E-state index in [9.17, 15) is 5.11 Å². The predicted molar refractivity (Wildman–Crippen MR) is 85.9 cm³/mol. The van der Waals surface area contributed by atoms with Gasteiger partial charge in [0, 0.05) is 28.6 Å². The maximum absolute atomic E-state index is 11.1. The Labute approximate surface area is 129 Å². The summed E-state index contributed by atoms with van der Waals surface area (Å²) in [6, 6.07) is 6.43. The molecule has 0 aromatic carbocycles. The minimum absolute atomic E-state index is 0.214. The highest BCUT2D eigenvalue weighted by Gasteiger charge is 2.35. The molecule has 3 unspecified atom stereocenters. The van der Waals surface area contributed by atoms with Crippen LogP contribution in [0.1, 0.15) is 59.2 Å². The zero-order chi connectivity index (χ0) is 14.2. The summed E-state index contributed by atoms with van der Waals surface area (Å²) < 4.78 is 0. The van der Waals surface area contributed by atoms with Gasteiger partial charge in [-0.15, -0.1) is 11.3 Å². The average Bonchev–Trinajstić information content (AvgIpc) is 3.02. The molecule has 0 saturated carbocycles. The van der Waals surface area contributed by atoms with E-state index >= 15 is 0 Å². The van der Waals surface area contributed by atoms with Crippen LogP contribution in [0.4, 0.5) is 0 Å². The molecule has 2 aliphatic rings. The maximum atomic E-state index is 11.1. The summed E-state index contributed by atoms with van der Waals surface area (Å²) in [4.78, 5) is 6.09. The van der Waals surface area contributed by atoms with Gasteiger partial charge in [0.15, 0.2) is 0 Å². The number of thiophene rings is 1. The molecular formula is C18H21NOS. The van der Waals surface area contributed by atoms with E-state index in [4.69, 9.17) is 0 Å². The van der Waals surface area contributed by atoms with Crippen molar-refractivity contribution in [2.75, 3.05) is 0 Å². The number of aliphatic hydroxyl groups is 1. The van der Waals surface area contributed by atoms with E-state index in [0.717, 1.165) is 25.0 Å². The summed E-state index contributed by atoms with van der Waals surface area (Å²) in [5.41, 5.74) is 3.90. The van der Waals surface area contributed by atoms with E-state index in [2.05, 4.69) is 22.5 Å². The van der Waals surface area contributed by atoms with E-state index in [1.54, 1.807) is 0 Å². The van der Waals surface area contributed by atoms with Gasteiger partial charge < -0.3 is 5.11 Å². The SMILES string of the molecule is OC(C1CCCc2sccc21)C1CCCc2cccnc21. The Balaban J connectivity index is 1.67. The Morgan fingerprint density at radius 1 is 1.14 bits per heavy atom. The van der Waals surface area contributed by atoms with Crippen molar-refractivity contribution in [1.82, 2.24) is 4.98 Å². The smallest absolute Gasteiger partial charge is 0.0692 e. The second kappa shape index (κ2) is 5.54. The molecule has 2 aromatic heterocycles. The number of fused-ring (bicyclic) bond motifs is 2. The molecule has 21 heavy (non-hydrogen) atoms. The van der Waals surface area contributed by atoms with Crippen LogP contribution in [0.15, 0.2) is 29.8 Å². The predicted octanol–water partition coefficient (Wildman–Crippen LogP) is 4.04. The fourth-order valence-corrected chi connectivity index (χ4v) is 5.13. The topological polar surface area (TPSA) is 33.1 Å². The highest BCUT2D eigenvalue weighted by molar-refractivity contribution is 7.10. The van der Waals surface area contributed by atoms with Crippen molar-refractivity contribution >= 4 is 11.3 Å². The molecule has 0 radical (unpaired) electrons. The van der Waals surface area contributed by atoms with Gasteiger partial charge in [-0.25, -0.2) is 0 Å². The van der Waals surface area contributed by atoms with Crippen molar-refractivity contribution in [3.63, 3.8) is 0 Å². The molecule has 0 fully saturated rings. The second-order valence-corrected chi connectivity index (χ2v) is 7.34. The summed E-state index contributed by atoms with van der Waals surface area (Å²) >= 11 is 1.85. The van der Waals surface area contributed by atoms with Gasteiger partial charge in [0.05, 0.1) is 6.10 Å². The van der Waals surface area contributed by atoms with E-state index in [0.29, 0.717) is 5.92 Å². The van der Waals surface area contributed by atoms with Crippen LogP contribution in [0.25, 0.3) is 0 Å². The standard InChI is InChI=1S/C18H21NOS/c20-18(14-6-2-8-16-13(14)9-11-21-16)15-7-1-4-12-5-3-10-19-17(12)15/h3,5,9-11,14-15,18,20H,1-2,4,6-8H2. The van der Waals surface area contributed by atoms with E-state index in [-0.39, 0.29) is 12.0 Å². The zero-order valence-electron chi connectivity index (χ0n) is 12.2. The lowest BCUT2D eigenvalue weighted by Crippen LogP contribution is -2.31. The molecule has 2 heterocycles. The van der Waals surface area contributed by atoms with Crippen molar-refractivity contribution in [2.45, 2.75) is 56.5 Å². The minimum atomic E-state index is -0.285. The third-order valence-electron chi connectivity index (χ3n) is 5.16. The molecule has 3 heteroatoms. The first kappa shape index (κ1) is 13.5. The average molecular weight is 299 g/mol. The van der Waals surface area contributed by atoms with Gasteiger partial charge in [-0.3, -0.25) is 4.98 Å². The number of aryl methyl sites for hydroxylation is 2. The van der Waals surface area contributed by atoms with Gasteiger partial charge in [-0.2, -0.15) is 0 Å². The van der Waals surface area contributed by atoms with Gasteiger partial charge in [0.2, 0.25) is 0 Å². The van der Waals surface area contributed by atoms with Crippen LogP contribution in [0.5, 0.6) is 0 Å². The molecule has 0 bridgehead atoms. The van der Waals surface area contributed by atoms with Crippen molar-refractivity contribution in [2.24, 2.45) is 0 Å². The molecule has 4 rings (SSSR count). The highest BCUT2D eigenvalue weighted by atomic mass is 32.1. The summed E-state index contributed by atoms with van der Waals surface area (Å²) in [5.74, 6) is 0.517. The highest BCUT2D eigenvalue weighted by Crippen LogP contribution is 2.43. The molecule has 2 aliphatic carbocycles. The lowest BCUT2D eigenvalue weighted by Gasteiger charge is -2.35. The van der Waals surface area contributed by atoms with E-state index < -0.39 is 0 Å². The molecule has 0 aliphatic heterocycles. The van der Waals surface area contributed by atoms with Crippen LogP contribution in [0.3, 0.4) is 0 Å². The van der Waals surface area contributed by atoms with Crippen LogP contribution in [-0.2, 0) is 12.8 Å².